The summed E-state index contributed by atoms with van der Waals surface area (Å²) in [6.07, 6.45) is 4.21. The summed E-state index contributed by atoms with van der Waals surface area (Å²) in [7, 11) is 1.66. The molecule has 32 heavy (non-hydrogen) atoms. The van der Waals surface area contributed by atoms with Crippen molar-refractivity contribution in [2.45, 2.75) is 39.5 Å². The standard InChI is InChI=1S/C22H29F2N5O2.HI/c1-3-30-18-8-6-7-17(20(18)31-21(23)24)15-28-22(25-2)27-14-16-9-10-26-19(13-16)29-11-4-5-12-29;/h6-10,13,21H,3-5,11-12,14-15H2,1-2H3,(H2,25,27,28);1H. The number of rotatable bonds is 9. The number of aromatic nitrogens is 1. The number of hydrogen-bond acceptors (Lipinski definition) is 5. The van der Waals surface area contributed by atoms with Crippen molar-refractivity contribution in [2.24, 2.45) is 4.99 Å². The fourth-order valence-electron chi connectivity index (χ4n) is 3.47. The van der Waals surface area contributed by atoms with Crippen LogP contribution in [0.25, 0.3) is 0 Å². The lowest BCUT2D eigenvalue weighted by molar-refractivity contribution is -0.0520. The molecule has 0 aliphatic carbocycles. The Labute approximate surface area is 204 Å². The van der Waals surface area contributed by atoms with Crippen molar-refractivity contribution in [3.8, 4) is 11.5 Å². The highest BCUT2D eigenvalue weighted by Gasteiger charge is 2.16. The van der Waals surface area contributed by atoms with Crippen molar-refractivity contribution < 1.29 is 18.3 Å². The van der Waals surface area contributed by atoms with Crippen LogP contribution in [0.5, 0.6) is 11.5 Å². The summed E-state index contributed by atoms with van der Waals surface area (Å²) in [5.41, 5.74) is 1.63. The lowest BCUT2D eigenvalue weighted by Crippen LogP contribution is -2.36. The van der Waals surface area contributed by atoms with Crippen molar-refractivity contribution >= 4 is 35.8 Å². The minimum absolute atomic E-state index is 0. The fraction of sp³-hybridized carbons (Fsp3) is 0.455. The first-order valence-corrected chi connectivity index (χ1v) is 10.4. The number of hydrogen-bond donors (Lipinski definition) is 2. The third-order valence-electron chi connectivity index (χ3n) is 4.94. The Morgan fingerprint density at radius 3 is 2.62 bits per heavy atom. The number of aliphatic imine (C=N–C) groups is 1. The van der Waals surface area contributed by atoms with E-state index in [2.05, 4.69) is 31.6 Å². The van der Waals surface area contributed by atoms with Gasteiger partial charge in [0.2, 0.25) is 0 Å². The fourth-order valence-corrected chi connectivity index (χ4v) is 3.47. The van der Waals surface area contributed by atoms with E-state index < -0.39 is 6.61 Å². The highest BCUT2D eigenvalue weighted by molar-refractivity contribution is 14.0. The summed E-state index contributed by atoms with van der Waals surface area (Å²) in [6.45, 7) is 2.09. The second-order valence-electron chi connectivity index (χ2n) is 7.05. The number of nitrogens with one attached hydrogen (secondary N) is 2. The molecule has 0 bridgehead atoms. The molecular weight excluding hydrogens is 531 g/mol. The zero-order chi connectivity index (χ0) is 22.1. The Kier molecular flexibility index (Phi) is 10.7. The predicted molar refractivity (Wildman–Crippen MR) is 132 cm³/mol. The normalized spacial score (nSPS) is 13.7. The van der Waals surface area contributed by atoms with Gasteiger partial charge in [0.05, 0.1) is 6.61 Å². The molecule has 0 atom stereocenters. The molecule has 0 amide bonds. The summed E-state index contributed by atoms with van der Waals surface area (Å²) >= 11 is 0. The molecule has 1 aliphatic heterocycles. The largest absolute Gasteiger partial charge is 0.490 e. The van der Waals surface area contributed by atoms with Gasteiger partial charge in [-0.2, -0.15) is 8.78 Å². The topological polar surface area (TPSA) is 71.0 Å². The zero-order valence-corrected chi connectivity index (χ0v) is 20.6. The predicted octanol–water partition coefficient (Wildman–Crippen LogP) is 4.17. The first kappa shape index (κ1) is 25.9. The molecular formula is C22H30F2IN5O2. The first-order chi connectivity index (χ1) is 15.1. The molecule has 1 aromatic carbocycles. The van der Waals surface area contributed by atoms with Crippen LogP contribution >= 0.6 is 24.0 Å². The molecule has 1 aromatic heterocycles. The molecule has 176 valence electrons. The molecule has 2 heterocycles. The number of guanidine groups is 1. The number of ether oxygens (including phenoxy) is 2. The highest BCUT2D eigenvalue weighted by Crippen LogP contribution is 2.32. The molecule has 2 aromatic rings. The quantitative estimate of drug-likeness (QED) is 0.272. The molecule has 1 aliphatic rings. The first-order valence-electron chi connectivity index (χ1n) is 10.4. The van der Waals surface area contributed by atoms with Crippen LogP contribution in [-0.4, -0.2) is 44.3 Å². The smallest absolute Gasteiger partial charge is 0.387 e. The van der Waals surface area contributed by atoms with Gasteiger partial charge in [0.25, 0.3) is 0 Å². The van der Waals surface area contributed by atoms with Crippen LogP contribution < -0.4 is 25.0 Å². The summed E-state index contributed by atoms with van der Waals surface area (Å²) in [6, 6.07) is 9.10. The average molecular weight is 561 g/mol. The van der Waals surface area contributed by atoms with E-state index in [0.29, 0.717) is 24.7 Å². The number of halogens is 3. The second-order valence-corrected chi connectivity index (χ2v) is 7.05. The number of benzene rings is 1. The minimum atomic E-state index is -2.94. The average Bonchev–Trinajstić information content (AvgIpc) is 3.31. The monoisotopic (exact) mass is 561 g/mol. The minimum Gasteiger partial charge on any atom is -0.490 e. The van der Waals surface area contributed by atoms with Crippen LogP contribution in [0, 0.1) is 0 Å². The number of nitrogens with zero attached hydrogens (tertiary/aromatic N) is 3. The van der Waals surface area contributed by atoms with Gasteiger partial charge >= 0.3 is 6.61 Å². The molecule has 2 N–H and O–H groups in total. The van der Waals surface area contributed by atoms with Gasteiger partial charge in [0, 0.05) is 45.0 Å². The lowest BCUT2D eigenvalue weighted by Gasteiger charge is -2.18. The highest BCUT2D eigenvalue weighted by atomic mass is 127. The van der Waals surface area contributed by atoms with Crippen LogP contribution in [0.2, 0.25) is 0 Å². The Morgan fingerprint density at radius 2 is 1.94 bits per heavy atom. The van der Waals surface area contributed by atoms with E-state index in [4.69, 9.17) is 9.47 Å². The Bertz CT molecular complexity index is 879. The van der Waals surface area contributed by atoms with E-state index >= 15 is 0 Å². The van der Waals surface area contributed by atoms with Crippen molar-refractivity contribution in [1.82, 2.24) is 15.6 Å². The molecule has 0 spiro atoms. The Hall–Kier alpha value is -2.37. The van der Waals surface area contributed by atoms with Crippen LogP contribution in [0.1, 0.15) is 30.9 Å². The van der Waals surface area contributed by atoms with E-state index in [1.54, 1.807) is 32.2 Å². The van der Waals surface area contributed by atoms with Gasteiger partial charge in [-0.25, -0.2) is 4.98 Å². The zero-order valence-electron chi connectivity index (χ0n) is 18.3. The number of anilines is 1. The molecule has 1 fully saturated rings. The summed E-state index contributed by atoms with van der Waals surface area (Å²) in [5, 5.41) is 6.39. The lowest BCUT2D eigenvalue weighted by atomic mass is 10.2. The maximum absolute atomic E-state index is 12.9. The second kappa shape index (κ2) is 13.2. The van der Waals surface area contributed by atoms with Crippen molar-refractivity contribution in [3.05, 3.63) is 47.7 Å². The third kappa shape index (κ3) is 7.35. The maximum atomic E-state index is 12.9. The van der Waals surface area contributed by atoms with E-state index in [-0.39, 0.29) is 42.0 Å². The SMILES string of the molecule is CCOc1cccc(CNC(=NC)NCc2ccnc(N3CCCC3)c2)c1OC(F)F.I. The Balaban J connectivity index is 0.00000363. The van der Waals surface area contributed by atoms with Crippen molar-refractivity contribution in [2.75, 3.05) is 31.6 Å². The molecule has 0 radical (unpaired) electrons. The van der Waals surface area contributed by atoms with Gasteiger partial charge in [0.15, 0.2) is 17.5 Å². The molecule has 0 saturated carbocycles. The van der Waals surface area contributed by atoms with Crippen LogP contribution in [0.4, 0.5) is 14.6 Å². The van der Waals surface area contributed by atoms with Gasteiger partial charge in [-0.3, -0.25) is 4.99 Å². The summed E-state index contributed by atoms with van der Waals surface area (Å²) in [5.74, 6) is 1.86. The van der Waals surface area contributed by atoms with Crippen LogP contribution in [-0.2, 0) is 13.1 Å². The summed E-state index contributed by atoms with van der Waals surface area (Å²) < 4.78 is 35.9. The van der Waals surface area contributed by atoms with Gasteiger partial charge in [-0.1, -0.05) is 12.1 Å². The third-order valence-corrected chi connectivity index (χ3v) is 4.94. The number of pyridine rings is 1. The van der Waals surface area contributed by atoms with Crippen molar-refractivity contribution in [3.63, 3.8) is 0 Å². The van der Waals surface area contributed by atoms with Crippen LogP contribution in [0.3, 0.4) is 0 Å². The molecule has 10 heteroatoms. The van der Waals surface area contributed by atoms with Gasteiger partial charge in [-0.15, -0.1) is 24.0 Å². The van der Waals surface area contributed by atoms with Gasteiger partial charge < -0.3 is 25.0 Å². The number of alkyl halides is 2. The van der Waals surface area contributed by atoms with E-state index in [0.717, 1.165) is 24.5 Å². The van der Waals surface area contributed by atoms with E-state index in [1.165, 1.54) is 12.8 Å². The molecule has 0 unspecified atom stereocenters. The molecule has 7 nitrogen and oxygen atoms in total. The Morgan fingerprint density at radius 1 is 1.19 bits per heavy atom. The van der Waals surface area contributed by atoms with Crippen molar-refractivity contribution in [1.29, 1.82) is 0 Å². The maximum Gasteiger partial charge on any atom is 0.387 e. The van der Waals surface area contributed by atoms with Gasteiger partial charge in [-0.05, 0) is 43.5 Å². The van der Waals surface area contributed by atoms with Crippen LogP contribution in [0.15, 0.2) is 41.5 Å². The van der Waals surface area contributed by atoms with Gasteiger partial charge in [0.1, 0.15) is 5.82 Å². The molecule has 1 saturated heterocycles. The number of para-hydroxylation sites is 1. The van der Waals surface area contributed by atoms with E-state index in [1.807, 2.05) is 12.3 Å². The van der Waals surface area contributed by atoms with E-state index in [9.17, 15) is 8.78 Å². The summed E-state index contributed by atoms with van der Waals surface area (Å²) in [4.78, 5) is 11.0. The molecule has 3 rings (SSSR count).